The summed E-state index contributed by atoms with van der Waals surface area (Å²) in [6.07, 6.45) is 3.37. The molecule has 0 amide bonds. The van der Waals surface area contributed by atoms with E-state index < -0.39 is 9.84 Å². The molecule has 28 heavy (non-hydrogen) atoms. The zero-order valence-electron chi connectivity index (χ0n) is 16.4. The van der Waals surface area contributed by atoms with Crippen LogP contribution in [0.25, 0.3) is 0 Å². The van der Waals surface area contributed by atoms with Gasteiger partial charge in [0.15, 0.2) is 15.8 Å². The number of hydrogen-bond acceptors (Lipinski definition) is 5. The highest BCUT2D eigenvalue weighted by Crippen LogP contribution is 2.24. The Morgan fingerprint density at radius 1 is 1.21 bits per heavy atom. The fourth-order valence-electron chi connectivity index (χ4n) is 3.22. The Kier molecular flexibility index (Phi) is 6.96. The van der Waals surface area contributed by atoms with E-state index in [4.69, 9.17) is 0 Å². The molecule has 152 valence electrons. The molecule has 1 aliphatic rings. The minimum absolute atomic E-state index is 0.336. The molecule has 0 radical (unpaired) electrons. The van der Waals surface area contributed by atoms with E-state index in [0.29, 0.717) is 17.5 Å². The number of anilines is 1. The predicted molar refractivity (Wildman–Crippen MR) is 117 cm³/mol. The minimum atomic E-state index is -3.16. The van der Waals surface area contributed by atoms with Gasteiger partial charge in [0.1, 0.15) is 0 Å². The topological polar surface area (TPSA) is 73.8 Å². The second-order valence-electron chi connectivity index (χ2n) is 6.97. The van der Waals surface area contributed by atoms with E-state index >= 15 is 0 Å². The summed E-state index contributed by atoms with van der Waals surface area (Å²) in [7, 11) is -3.16. The summed E-state index contributed by atoms with van der Waals surface area (Å²) in [6.45, 7) is 5.45. The Balaban J connectivity index is 1.56. The van der Waals surface area contributed by atoms with Crippen LogP contribution in [0.4, 0.5) is 5.00 Å². The normalized spacial score (nSPS) is 16.2. The number of benzene rings is 1. The molecule has 2 heterocycles. The number of guanidine groups is 1. The Morgan fingerprint density at radius 2 is 1.93 bits per heavy atom. The summed E-state index contributed by atoms with van der Waals surface area (Å²) in [6, 6.07) is 11.6. The fourth-order valence-corrected chi connectivity index (χ4v) is 4.64. The summed E-state index contributed by atoms with van der Waals surface area (Å²) >= 11 is 1.79. The van der Waals surface area contributed by atoms with Crippen molar-refractivity contribution in [1.82, 2.24) is 10.6 Å². The van der Waals surface area contributed by atoms with E-state index in [0.717, 1.165) is 44.0 Å². The van der Waals surface area contributed by atoms with Gasteiger partial charge in [-0.25, -0.2) is 13.4 Å². The van der Waals surface area contributed by atoms with E-state index in [2.05, 4.69) is 45.0 Å². The zero-order chi connectivity index (χ0) is 20.0. The van der Waals surface area contributed by atoms with Crippen LogP contribution in [0.15, 0.2) is 51.7 Å². The number of piperidine rings is 1. The minimum Gasteiger partial charge on any atom is -0.363 e. The van der Waals surface area contributed by atoms with Crippen LogP contribution in [0.1, 0.15) is 25.3 Å². The summed E-state index contributed by atoms with van der Waals surface area (Å²) in [4.78, 5) is 7.45. The van der Waals surface area contributed by atoms with Crippen LogP contribution in [-0.2, 0) is 16.4 Å². The average Bonchev–Trinajstić information content (AvgIpc) is 3.21. The lowest BCUT2D eigenvalue weighted by atomic mass is 10.1. The average molecular weight is 421 g/mol. The first-order valence-corrected chi connectivity index (χ1v) is 12.3. The van der Waals surface area contributed by atoms with Gasteiger partial charge >= 0.3 is 0 Å². The van der Waals surface area contributed by atoms with Crippen LogP contribution < -0.4 is 15.5 Å². The lowest BCUT2D eigenvalue weighted by molar-refractivity contribution is 0.463. The summed E-state index contributed by atoms with van der Waals surface area (Å²) in [5.41, 5.74) is 0.983. The van der Waals surface area contributed by atoms with Crippen molar-refractivity contribution in [2.75, 3.05) is 30.8 Å². The Bertz CT molecular complexity index is 869. The SMILES string of the molecule is CCNC(=NCc1ccc(S(C)(=O)=O)cc1)NC1CCN(c2cccs2)CC1. The number of hydrogen-bond donors (Lipinski definition) is 2. The molecule has 6 nitrogen and oxygen atoms in total. The van der Waals surface area contributed by atoms with Crippen LogP contribution in [-0.4, -0.2) is 46.3 Å². The summed E-state index contributed by atoms with van der Waals surface area (Å²) < 4.78 is 23.1. The number of nitrogens with one attached hydrogen (secondary N) is 2. The smallest absolute Gasteiger partial charge is 0.191 e. The highest BCUT2D eigenvalue weighted by Gasteiger charge is 2.20. The van der Waals surface area contributed by atoms with Crippen molar-refractivity contribution >= 4 is 32.1 Å². The van der Waals surface area contributed by atoms with Gasteiger partial charge in [0.25, 0.3) is 0 Å². The van der Waals surface area contributed by atoms with Gasteiger partial charge in [-0.2, -0.15) is 0 Å². The molecule has 1 aromatic heterocycles. The maximum absolute atomic E-state index is 11.6. The van der Waals surface area contributed by atoms with Gasteiger partial charge in [-0.1, -0.05) is 12.1 Å². The van der Waals surface area contributed by atoms with Crippen molar-refractivity contribution in [2.24, 2.45) is 4.99 Å². The van der Waals surface area contributed by atoms with Crippen LogP contribution in [0.2, 0.25) is 0 Å². The molecule has 8 heteroatoms. The first-order chi connectivity index (χ1) is 13.5. The van der Waals surface area contributed by atoms with Gasteiger partial charge in [-0.3, -0.25) is 0 Å². The molecule has 1 aliphatic heterocycles. The summed E-state index contributed by atoms with van der Waals surface area (Å²) in [5.74, 6) is 0.810. The van der Waals surface area contributed by atoms with Gasteiger partial charge in [-0.15, -0.1) is 11.3 Å². The highest BCUT2D eigenvalue weighted by atomic mass is 32.2. The molecule has 0 atom stereocenters. The predicted octanol–water partition coefficient (Wildman–Crippen LogP) is 2.88. The standard InChI is InChI=1S/C20H28N4O2S2/c1-3-21-20(22-15-16-6-8-18(9-7-16)28(2,25)26)23-17-10-12-24(13-11-17)19-5-4-14-27-19/h4-9,14,17H,3,10-13,15H2,1-2H3,(H2,21,22,23). The van der Waals surface area contributed by atoms with E-state index in [-0.39, 0.29) is 0 Å². The molecular formula is C20H28N4O2S2. The number of rotatable bonds is 6. The quantitative estimate of drug-likeness (QED) is 0.555. The molecule has 2 N–H and O–H groups in total. The van der Waals surface area contributed by atoms with Gasteiger partial charge < -0.3 is 15.5 Å². The van der Waals surface area contributed by atoms with Crippen molar-refractivity contribution < 1.29 is 8.42 Å². The highest BCUT2D eigenvalue weighted by molar-refractivity contribution is 7.90. The Morgan fingerprint density at radius 3 is 2.50 bits per heavy atom. The molecule has 1 fully saturated rings. The van der Waals surface area contributed by atoms with Crippen LogP contribution in [0, 0.1) is 0 Å². The number of sulfone groups is 1. The second kappa shape index (κ2) is 9.43. The first kappa shape index (κ1) is 20.7. The molecule has 1 saturated heterocycles. The van der Waals surface area contributed by atoms with E-state index in [1.807, 2.05) is 12.1 Å². The first-order valence-electron chi connectivity index (χ1n) is 9.58. The third-order valence-electron chi connectivity index (χ3n) is 4.77. The van der Waals surface area contributed by atoms with Crippen molar-refractivity contribution in [1.29, 1.82) is 0 Å². The molecule has 0 aliphatic carbocycles. The lowest BCUT2D eigenvalue weighted by Crippen LogP contribution is -2.48. The molecule has 1 aromatic carbocycles. The van der Waals surface area contributed by atoms with E-state index in [1.54, 1.807) is 23.5 Å². The Hall–Kier alpha value is -2.06. The fraction of sp³-hybridized carbons (Fsp3) is 0.450. The molecule has 0 spiro atoms. The number of aliphatic imine (C=N–C) groups is 1. The molecule has 3 rings (SSSR count). The number of nitrogens with zero attached hydrogens (tertiary/aromatic N) is 2. The number of thiophene rings is 1. The van der Waals surface area contributed by atoms with Crippen molar-refractivity contribution in [3.05, 3.63) is 47.3 Å². The van der Waals surface area contributed by atoms with E-state index in [1.165, 1.54) is 11.3 Å². The van der Waals surface area contributed by atoms with Crippen LogP contribution in [0.5, 0.6) is 0 Å². The van der Waals surface area contributed by atoms with Gasteiger partial charge in [0.05, 0.1) is 16.4 Å². The maximum Gasteiger partial charge on any atom is 0.191 e. The monoisotopic (exact) mass is 420 g/mol. The van der Waals surface area contributed by atoms with Crippen LogP contribution in [0.3, 0.4) is 0 Å². The second-order valence-corrected chi connectivity index (χ2v) is 9.91. The van der Waals surface area contributed by atoms with Gasteiger partial charge in [0.2, 0.25) is 0 Å². The third-order valence-corrected chi connectivity index (χ3v) is 6.83. The molecule has 0 unspecified atom stereocenters. The zero-order valence-corrected chi connectivity index (χ0v) is 18.0. The molecule has 0 bridgehead atoms. The molecular weight excluding hydrogens is 392 g/mol. The molecule has 2 aromatic rings. The largest absolute Gasteiger partial charge is 0.363 e. The lowest BCUT2D eigenvalue weighted by Gasteiger charge is -2.33. The van der Waals surface area contributed by atoms with Crippen molar-refractivity contribution in [2.45, 2.75) is 37.2 Å². The van der Waals surface area contributed by atoms with Crippen molar-refractivity contribution in [3.63, 3.8) is 0 Å². The summed E-state index contributed by atoms with van der Waals surface area (Å²) in [5, 5.41) is 10.3. The molecule has 0 saturated carbocycles. The third kappa shape index (κ3) is 5.72. The van der Waals surface area contributed by atoms with E-state index in [9.17, 15) is 8.42 Å². The maximum atomic E-state index is 11.6. The van der Waals surface area contributed by atoms with Gasteiger partial charge in [0, 0.05) is 31.9 Å². The van der Waals surface area contributed by atoms with Crippen molar-refractivity contribution in [3.8, 4) is 0 Å². The van der Waals surface area contributed by atoms with Gasteiger partial charge in [-0.05, 0) is 55.0 Å². The Labute approximate surface area is 171 Å². The van der Waals surface area contributed by atoms with Crippen LogP contribution >= 0.6 is 11.3 Å².